The Labute approximate surface area is 113 Å². The minimum atomic E-state index is -0.309. The summed E-state index contributed by atoms with van der Waals surface area (Å²) < 4.78 is 18.6. The smallest absolute Gasteiger partial charge is 0.123 e. The van der Waals surface area contributed by atoms with Crippen LogP contribution in [0.3, 0.4) is 0 Å². The maximum Gasteiger partial charge on any atom is 0.123 e. The van der Waals surface area contributed by atoms with Crippen molar-refractivity contribution < 1.29 is 14.2 Å². The summed E-state index contributed by atoms with van der Waals surface area (Å²) in [5, 5.41) is 13.4. The van der Waals surface area contributed by atoms with Crippen LogP contribution in [0.5, 0.6) is 5.75 Å². The molecule has 0 aromatic heterocycles. The van der Waals surface area contributed by atoms with Crippen LogP contribution in [-0.2, 0) is 0 Å². The normalized spacial score (nSPS) is 25.1. The molecule has 1 saturated carbocycles. The van der Waals surface area contributed by atoms with E-state index in [4.69, 9.17) is 4.74 Å². The number of rotatable bonds is 4. The molecule has 1 aromatic rings. The molecule has 1 aromatic carbocycles. The summed E-state index contributed by atoms with van der Waals surface area (Å²) in [7, 11) is 1.58. The summed E-state index contributed by atoms with van der Waals surface area (Å²) >= 11 is 0. The van der Waals surface area contributed by atoms with Crippen LogP contribution in [0.15, 0.2) is 18.2 Å². The van der Waals surface area contributed by atoms with Gasteiger partial charge in [0.15, 0.2) is 0 Å². The van der Waals surface area contributed by atoms with Gasteiger partial charge in [-0.15, -0.1) is 0 Å². The summed E-state index contributed by atoms with van der Waals surface area (Å²) in [6.07, 6.45) is 3.70. The van der Waals surface area contributed by atoms with Crippen molar-refractivity contribution in [2.24, 2.45) is 0 Å². The van der Waals surface area contributed by atoms with Crippen LogP contribution in [0.1, 0.15) is 44.2 Å². The Bertz CT molecular complexity index is 425. The first-order chi connectivity index (χ1) is 9.11. The van der Waals surface area contributed by atoms with E-state index in [0.29, 0.717) is 5.75 Å². The highest BCUT2D eigenvalue weighted by Gasteiger charge is 2.25. The molecule has 2 rings (SSSR count). The van der Waals surface area contributed by atoms with Crippen LogP contribution < -0.4 is 10.1 Å². The van der Waals surface area contributed by atoms with Gasteiger partial charge in [-0.1, -0.05) is 12.8 Å². The third-order valence-electron chi connectivity index (χ3n) is 3.85. The van der Waals surface area contributed by atoms with Gasteiger partial charge < -0.3 is 15.2 Å². The molecule has 0 amide bonds. The average molecular weight is 267 g/mol. The van der Waals surface area contributed by atoms with E-state index in [-0.39, 0.29) is 24.0 Å². The summed E-state index contributed by atoms with van der Waals surface area (Å²) in [5.41, 5.74) is 0.792. The van der Waals surface area contributed by atoms with Gasteiger partial charge in [-0.25, -0.2) is 4.39 Å². The van der Waals surface area contributed by atoms with E-state index in [1.807, 2.05) is 6.92 Å². The van der Waals surface area contributed by atoms with Crippen LogP contribution in [0.4, 0.5) is 4.39 Å². The van der Waals surface area contributed by atoms with Crippen molar-refractivity contribution in [2.45, 2.75) is 50.8 Å². The van der Waals surface area contributed by atoms with Crippen molar-refractivity contribution in [3.8, 4) is 5.75 Å². The van der Waals surface area contributed by atoms with Gasteiger partial charge in [-0.2, -0.15) is 0 Å². The lowest BCUT2D eigenvalue weighted by molar-refractivity contribution is 0.0858. The Hall–Kier alpha value is -1.13. The van der Waals surface area contributed by atoms with Crippen molar-refractivity contribution in [3.63, 3.8) is 0 Å². The lowest BCUT2D eigenvalue weighted by Crippen LogP contribution is -2.43. The van der Waals surface area contributed by atoms with E-state index < -0.39 is 0 Å². The number of hydrogen-bond donors (Lipinski definition) is 2. The van der Waals surface area contributed by atoms with Crippen molar-refractivity contribution in [1.82, 2.24) is 5.32 Å². The van der Waals surface area contributed by atoms with Crippen molar-refractivity contribution in [1.29, 1.82) is 0 Å². The molecule has 1 aliphatic carbocycles. The highest BCUT2D eigenvalue weighted by molar-refractivity contribution is 5.36. The summed E-state index contributed by atoms with van der Waals surface area (Å²) in [5.74, 6) is 0.403. The number of aliphatic hydroxyl groups is 1. The van der Waals surface area contributed by atoms with E-state index in [1.165, 1.54) is 12.1 Å². The predicted molar refractivity (Wildman–Crippen MR) is 72.8 cm³/mol. The number of aliphatic hydroxyl groups excluding tert-OH is 1. The van der Waals surface area contributed by atoms with Crippen LogP contribution in [-0.4, -0.2) is 24.4 Å². The quantitative estimate of drug-likeness (QED) is 0.881. The molecular weight excluding hydrogens is 245 g/mol. The molecule has 0 radical (unpaired) electrons. The average Bonchev–Trinajstić information content (AvgIpc) is 2.41. The first-order valence-corrected chi connectivity index (χ1v) is 6.89. The lowest BCUT2D eigenvalue weighted by atomic mass is 9.91. The van der Waals surface area contributed by atoms with E-state index in [0.717, 1.165) is 31.2 Å². The van der Waals surface area contributed by atoms with Crippen LogP contribution >= 0.6 is 0 Å². The van der Waals surface area contributed by atoms with E-state index in [9.17, 15) is 9.50 Å². The third-order valence-corrected chi connectivity index (χ3v) is 3.85. The minimum Gasteiger partial charge on any atom is -0.496 e. The molecule has 4 heteroatoms. The summed E-state index contributed by atoms with van der Waals surface area (Å²) in [4.78, 5) is 0. The Kier molecular flexibility index (Phi) is 4.77. The van der Waals surface area contributed by atoms with E-state index in [2.05, 4.69) is 5.32 Å². The monoisotopic (exact) mass is 267 g/mol. The number of halogens is 1. The molecule has 3 nitrogen and oxygen atoms in total. The van der Waals surface area contributed by atoms with Gasteiger partial charge in [0.25, 0.3) is 0 Å². The predicted octanol–water partition coefficient (Wildman–Crippen LogP) is 2.79. The molecule has 0 heterocycles. The summed E-state index contributed by atoms with van der Waals surface area (Å²) in [6.45, 7) is 1.97. The largest absolute Gasteiger partial charge is 0.496 e. The molecule has 0 aliphatic heterocycles. The molecule has 106 valence electrons. The van der Waals surface area contributed by atoms with Gasteiger partial charge in [0, 0.05) is 17.6 Å². The molecule has 3 atom stereocenters. The standard InChI is InChI=1S/C15H22FNO2/c1-10(17-13-5-3-4-6-14(13)18)12-9-11(16)7-8-15(12)19-2/h7-10,13-14,17-18H,3-6H2,1-2H3. The second-order valence-electron chi connectivity index (χ2n) is 5.23. The minimum absolute atomic E-state index is 0.0524. The first-order valence-electron chi connectivity index (χ1n) is 6.89. The number of benzene rings is 1. The fourth-order valence-electron chi connectivity index (χ4n) is 2.76. The fraction of sp³-hybridized carbons (Fsp3) is 0.600. The number of ether oxygens (including phenoxy) is 1. The van der Waals surface area contributed by atoms with Crippen LogP contribution in [0.2, 0.25) is 0 Å². The zero-order chi connectivity index (χ0) is 13.8. The van der Waals surface area contributed by atoms with Gasteiger partial charge in [0.1, 0.15) is 11.6 Å². The highest BCUT2D eigenvalue weighted by Crippen LogP contribution is 2.28. The van der Waals surface area contributed by atoms with Gasteiger partial charge in [0.05, 0.1) is 13.2 Å². The topological polar surface area (TPSA) is 41.5 Å². The molecule has 0 bridgehead atoms. The molecule has 2 N–H and O–H groups in total. The first kappa shape index (κ1) is 14.3. The maximum absolute atomic E-state index is 13.4. The van der Waals surface area contributed by atoms with E-state index >= 15 is 0 Å². The molecular formula is C15H22FNO2. The molecule has 19 heavy (non-hydrogen) atoms. The Balaban J connectivity index is 2.10. The lowest BCUT2D eigenvalue weighted by Gasteiger charge is -2.31. The van der Waals surface area contributed by atoms with Crippen molar-refractivity contribution in [3.05, 3.63) is 29.6 Å². The van der Waals surface area contributed by atoms with Crippen molar-refractivity contribution >= 4 is 0 Å². The Morgan fingerprint density at radius 3 is 2.79 bits per heavy atom. The van der Waals surface area contributed by atoms with Gasteiger partial charge in [-0.3, -0.25) is 0 Å². The molecule has 1 fully saturated rings. The Morgan fingerprint density at radius 2 is 2.11 bits per heavy atom. The SMILES string of the molecule is COc1ccc(F)cc1C(C)NC1CCCCC1O. The highest BCUT2D eigenvalue weighted by atomic mass is 19.1. The van der Waals surface area contributed by atoms with Crippen LogP contribution in [0, 0.1) is 5.82 Å². The number of methoxy groups -OCH3 is 1. The van der Waals surface area contributed by atoms with E-state index in [1.54, 1.807) is 13.2 Å². The zero-order valence-corrected chi connectivity index (χ0v) is 11.5. The second kappa shape index (κ2) is 6.35. The van der Waals surface area contributed by atoms with Crippen molar-refractivity contribution in [2.75, 3.05) is 7.11 Å². The second-order valence-corrected chi connectivity index (χ2v) is 5.23. The van der Waals surface area contributed by atoms with Gasteiger partial charge in [-0.05, 0) is 38.0 Å². The van der Waals surface area contributed by atoms with Gasteiger partial charge >= 0.3 is 0 Å². The number of nitrogens with one attached hydrogen (secondary N) is 1. The van der Waals surface area contributed by atoms with Gasteiger partial charge in [0.2, 0.25) is 0 Å². The van der Waals surface area contributed by atoms with Crippen LogP contribution in [0.25, 0.3) is 0 Å². The molecule has 1 aliphatic rings. The zero-order valence-electron chi connectivity index (χ0n) is 11.5. The maximum atomic E-state index is 13.4. The Morgan fingerprint density at radius 1 is 1.37 bits per heavy atom. The molecule has 0 saturated heterocycles. The third kappa shape index (κ3) is 3.45. The fourth-order valence-corrected chi connectivity index (χ4v) is 2.76. The summed E-state index contributed by atoms with van der Waals surface area (Å²) in [6, 6.07) is 4.55. The number of hydrogen-bond acceptors (Lipinski definition) is 3. The molecule has 0 spiro atoms. The molecule has 3 unspecified atom stereocenters.